The first-order chi connectivity index (χ1) is 14.4. The van der Waals surface area contributed by atoms with Gasteiger partial charge in [-0.05, 0) is 37.1 Å². The molecule has 1 aliphatic heterocycles. The lowest BCUT2D eigenvalue weighted by atomic mass is 9.99. The monoisotopic (exact) mass is 452 g/mol. The van der Waals surface area contributed by atoms with Crippen LogP contribution in [0.5, 0.6) is 5.75 Å². The zero-order chi connectivity index (χ0) is 21.6. The molecule has 1 fully saturated rings. The van der Waals surface area contributed by atoms with Crippen LogP contribution in [0.15, 0.2) is 40.7 Å². The van der Waals surface area contributed by atoms with Crippen LogP contribution in [-0.2, 0) is 19.6 Å². The summed E-state index contributed by atoms with van der Waals surface area (Å²) < 4.78 is 32.2. The van der Waals surface area contributed by atoms with E-state index in [0.717, 1.165) is 0 Å². The number of nitrogens with zero attached hydrogens (tertiary/aromatic N) is 2. The zero-order valence-electron chi connectivity index (χ0n) is 16.5. The molecule has 0 spiro atoms. The number of aromatic nitrogens is 1. The number of carbonyl (C=O) groups excluding carboxylic acids is 2. The van der Waals surface area contributed by atoms with Gasteiger partial charge in [-0.2, -0.15) is 4.31 Å². The molecule has 162 valence electrons. The third kappa shape index (κ3) is 5.55. The molecule has 2 amide bonds. The van der Waals surface area contributed by atoms with E-state index in [1.54, 1.807) is 23.7 Å². The average Bonchev–Trinajstić information content (AvgIpc) is 3.26. The molecule has 9 nitrogen and oxygen atoms in total. The standard InChI is InChI=1S/C19H24N4O5S2/c1-28-15-4-6-16(7-5-15)30(26,27)23-11-2-3-14(13-23)18(25)20-9-8-17(24)22-19-21-10-12-29-19/h4-7,10,12,14H,2-3,8-9,11,13H2,1H3,(H,20,25)(H,21,22,24)/t14-/m1/s1. The number of rotatable bonds is 8. The molecular weight excluding hydrogens is 428 g/mol. The Morgan fingerprint density at radius 1 is 1.30 bits per heavy atom. The Bertz CT molecular complexity index is 961. The van der Waals surface area contributed by atoms with E-state index in [-0.39, 0.29) is 36.2 Å². The van der Waals surface area contributed by atoms with E-state index in [4.69, 9.17) is 4.74 Å². The van der Waals surface area contributed by atoms with Gasteiger partial charge in [-0.1, -0.05) is 0 Å². The van der Waals surface area contributed by atoms with Crippen molar-refractivity contribution < 1.29 is 22.7 Å². The first-order valence-corrected chi connectivity index (χ1v) is 11.8. The second-order valence-corrected chi connectivity index (χ2v) is 9.64. The van der Waals surface area contributed by atoms with Gasteiger partial charge in [-0.3, -0.25) is 9.59 Å². The SMILES string of the molecule is COc1ccc(S(=O)(=O)N2CCC[C@@H](C(=O)NCCC(=O)Nc3nccs3)C2)cc1. The van der Waals surface area contributed by atoms with Gasteiger partial charge < -0.3 is 15.4 Å². The van der Waals surface area contributed by atoms with Gasteiger partial charge in [0.1, 0.15) is 5.75 Å². The summed E-state index contributed by atoms with van der Waals surface area (Å²) in [6.07, 6.45) is 2.91. The van der Waals surface area contributed by atoms with Gasteiger partial charge in [0.25, 0.3) is 0 Å². The Kier molecular flexibility index (Phi) is 7.40. The van der Waals surface area contributed by atoms with Gasteiger partial charge >= 0.3 is 0 Å². The van der Waals surface area contributed by atoms with E-state index in [1.807, 2.05) is 0 Å². The Balaban J connectivity index is 1.51. The van der Waals surface area contributed by atoms with E-state index >= 15 is 0 Å². The second kappa shape index (κ2) is 10.0. The van der Waals surface area contributed by atoms with E-state index in [0.29, 0.717) is 30.3 Å². The number of anilines is 1. The van der Waals surface area contributed by atoms with Crippen LogP contribution >= 0.6 is 11.3 Å². The van der Waals surface area contributed by atoms with Crippen molar-refractivity contribution in [3.63, 3.8) is 0 Å². The molecule has 3 rings (SSSR count). The maximum atomic E-state index is 12.9. The first kappa shape index (κ1) is 22.2. The molecule has 30 heavy (non-hydrogen) atoms. The molecule has 1 aromatic heterocycles. The van der Waals surface area contributed by atoms with Gasteiger partial charge in [-0.25, -0.2) is 13.4 Å². The number of sulfonamides is 1. The summed E-state index contributed by atoms with van der Waals surface area (Å²) in [6.45, 7) is 0.664. The highest BCUT2D eigenvalue weighted by Gasteiger charge is 2.33. The fourth-order valence-corrected chi connectivity index (χ4v) is 5.25. The largest absolute Gasteiger partial charge is 0.497 e. The van der Waals surface area contributed by atoms with E-state index in [2.05, 4.69) is 15.6 Å². The zero-order valence-corrected chi connectivity index (χ0v) is 18.2. The quantitative estimate of drug-likeness (QED) is 0.629. The lowest BCUT2D eigenvalue weighted by Crippen LogP contribution is -2.45. The fraction of sp³-hybridized carbons (Fsp3) is 0.421. The molecule has 2 heterocycles. The minimum Gasteiger partial charge on any atom is -0.497 e. The summed E-state index contributed by atoms with van der Waals surface area (Å²) in [5.41, 5.74) is 0. The smallest absolute Gasteiger partial charge is 0.243 e. The summed E-state index contributed by atoms with van der Waals surface area (Å²) in [7, 11) is -2.17. The molecule has 0 aliphatic carbocycles. The number of thiazole rings is 1. The molecule has 1 aromatic carbocycles. The lowest BCUT2D eigenvalue weighted by Gasteiger charge is -2.31. The maximum absolute atomic E-state index is 12.9. The van der Waals surface area contributed by atoms with Crippen LogP contribution in [0.1, 0.15) is 19.3 Å². The summed E-state index contributed by atoms with van der Waals surface area (Å²) in [5, 5.41) is 7.65. The Hall–Kier alpha value is -2.50. The summed E-state index contributed by atoms with van der Waals surface area (Å²) in [4.78, 5) is 28.5. The number of hydrogen-bond acceptors (Lipinski definition) is 7. The van der Waals surface area contributed by atoms with Gasteiger partial charge in [-0.15, -0.1) is 11.3 Å². The van der Waals surface area contributed by atoms with Crippen LogP contribution in [0.4, 0.5) is 5.13 Å². The van der Waals surface area contributed by atoms with Gasteiger partial charge in [0.15, 0.2) is 5.13 Å². The molecule has 0 unspecified atom stereocenters. The van der Waals surface area contributed by atoms with Crippen molar-refractivity contribution in [1.29, 1.82) is 0 Å². The minimum absolute atomic E-state index is 0.117. The highest BCUT2D eigenvalue weighted by Crippen LogP contribution is 2.25. The summed E-state index contributed by atoms with van der Waals surface area (Å²) in [5.74, 6) is -0.359. The molecule has 0 bridgehead atoms. The predicted molar refractivity (Wildman–Crippen MR) is 113 cm³/mol. The van der Waals surface area contributed by atoms with E-state index < -0.39 is 15.9 Å². The number of piperidine rings is 1. The number of benzene rings is 1. The molecule has 1 atom stereocenters. The molecule has 11 heteroatoms. The third-order valence-corrected chi connectivity index (χ3v) is 7.35. The van der Waals surface area contributed by atoms with Crippen molar-refractivity contribution in [2.75, 3.05) is 32.1 Å². The summed E-state index contributed by atoms with van der Waals surface area (Å²) in [6, 6.07) is 6.19. The lowest BCUT2D eigenvalue weighted by molar-refractivity contribution is -0.126. The highest BCUT2D eigenvalue weighted by atomic mass is 32.2. The van der Waals surface area contributed by atoms with Crippen molar-refractivity contribution in [2.45, 2.75) is 24.2 Å². The second-order valence-electron chi connectivity index (χ2n) is 6.80. The van der Waals surface area contributed by atoms with Crippen molar-refractivity contribution in [3.8, 4) is 5.75 Å². The van der Waals surface area contributed by atoms with E-state index in [9.17, 15) is 18.0 Å². The van der Waals surface area contributed by atoms with Crippen molar-refractivity contribution >= 4 is 38.3 Å². The van der Waals surface area contributed by atoms with E-state index in [1.165, 1.54) is 34.9 Å². The van der Waals surface area contributed by atoms with Gasteiger partial charge in [0.2, 0.25) is 21.8 Å². The van der Waals surface area contributed by atoms with Crippen LogP contribution in [-0.4, -0.2) is 56.3 Å². The number of methoxy groups -OCH3 is 1. The van der Waals surface area contributed by atoms with Crippen LogP contribution in [0.3, 0.4) is 0 Å². The van der Waals surface area contributed by atoms with Gasteiger partial charge in [0, 0.05) is 37.6 Å². The minimum atomic E-state index is -3.69. The third-order valence-electron chi connectivity index (χ3n) is 4.78. The Morgan fingerprint density at radius 3 is 2.73 bits per heavy atom. The highest BCUT2D eigenvalue weighted by molar-refractivity contribution is 7.89. The van der Waals surface area contributed by atoms with Crippen molar-refractivity contribution in [2.24, 2.45) is 5.92 Å². The average molecular weight is 453 g/mol. The predicted octanol–water partition coefficient (Wildman–Crippen LogP) is 1.70. The first-order valence-electron chi connectivity index (χ1n) is 9.51. The van der Waals surface area contributed by atoms with Crippen LogP contribution in [0.2, 0.25) is 0 Å². The van der Waals surface area contributed by atoms with Crippen LogP contribution in [0, 0.1) is 5.92 Å². The van der Waals surface area contributed by atoms with Crippen molar-refractivity contribution in [1.82, 2.24) is 14.6 Å². The molecule has 1 aliphatic rings. The Labute approximate surface area is 179 Å². The molecule has 2 N–H and O–H groups in total. The number of hydrogen-bond donors (Lipinski definition) is 2. The van der Waals surface area contributed by atoms with Crippen LogP contribution < -0.4 is 15.4 Å². The molecule has 0 radical (unpaired) electrons. The Morgan fingerprint density at radius 2 is 2.07 bits per heavy atom. The van der Waals surface area contributed by atoms with Crippen LogP contribution in [0.25, 0.3) is 0 Å². The normalized spacial score (nSPS) is 17.3. The number of carbonyl (C=O) groups is 2. The number of amides is 2. The number of ether oxygens (including phenoxy) is 1. The molecule has 1 saturated heterocycles. The van der Waals surface area contributed by atoms with Gasteiger partial charge in [0.05, 0.1) is 17.9 Å². The molecule has 2 aromatic rings. The fourth-order valence-electron chi connectivity index (χ4n) is 3.18. The maximum Gasteiger partial charge on any atom is 0.243 e. The van der Waals surface area contributed by atoms with Crippen molar-refractivity contribution in [3.05, 3.63) is 35.8 Å². The summed E-state index contributed by atoms with van der Waals surface area (Å²) >= 11 is 1.32. The molecule has 0 saturated carbocycles. The molecular formula is C19H24N4O5S2. The topological polar surface area (TPSA) is 118 Å². The number of nitrogens with one attached hydrogen (secondary N) is 2.